The molecule has 0 fully saturated rings. The molecular weight excluding hydrogens is 342 g/mol. The van der Waals surface area contributed by atoms with Crippen molar-refractivity contribution in [2.45, 2.75) is 31.6 Å². The van der Waals surface area contributed by atoms with Crippen molar-refractivity contribution < 1.29 is 0 Å². The number of unbranched alkanes of at least 4 members (excludes halogenated alkanes) is 1. The highest BCUT2D eigenvalue weighted by molar-refractivity contribution is 6.34. The second kappa shape index (κ2) is 8.79. The summed E-state index contributed by atoms with van der Waals surface area (Å²) in [5.74, 6) is 0.461. The van der Waals surface area contributed by atoms with Crippen molar-refractivity contribution in [3.8, 4) is 0 Å². The number of nitrogens with two attached hydrogens (primary N) is 1. The molecule has 2 aromatic carbocycles. The molecule has 3 rings (SSSR count). The molecule has 26 heavy (non-hydrogen) atoms. The molecule has 0 spiro atoms. The van der Waals surface area contributed by atoms with E-state index in [0.717, 1.165) is 43.1 Å². The Morgan fingerprint density at radius 3 is 2.50 bits per heavy atom. The predicted molar refractivity (Wildman–Crippen MR) is 114 cm³/mol. The molecule has 0 bridgehead atoms. The van der Waals surface area contributed by atoms with Crippen LogP contribution in [0.2, 0.25) is 5.02 Å². The smallest absolute Gasteiger partial charge is 0.0791 e. The number of hydrogen-bond donors (Lipinski definition) is 1. The fraction of sp³-hybridized carbons (Fsp3) is 0.455. The molecule has 4 heteroatoms. The van der Waals surface area contributed by atoms with Gasteiger partial charge in [-0.25, -0.2) is 0 Å². The normalized spacial score (nSPS) is 15.1. The van der Waals surface area contributed by atoms with E-state index in [0.29, 0.717) is 12.5 Å². The van der Waals surface area contributed by atoms with E-state index in [9.17, 15) is 0 Å². The standard InChI is InChI=1S/C22H30ClN3/c1-25-12-13-26(2)22-20(23)14-17(15-21(22)25)8-6-7-11-19(16-24)18-9-4-3-5-10-18/h3-5,9-10,14-15,19H,6-8,11-13,16,24H2,1-2H3/t19-/m1/s1. The number of benzene rings is 2. The minimum Gasteiger partial charge on any atom is -0.371 e. The quantitative estimate of drug-likeness (QED) is 0.717. The Kier molecular flexibility index (Phi) is 6.44. The van der Waals surface area contributed by atoms with Crippen molar-refractivity contribution in [3.05, 3.63) is 58.6 Å². The van der Waals surface area contributed by atoms with Gasteiger partial charge in [-0.3, -0.25) is 0 Å². The Labute approximate surface area is 162 Å². The first-order chi connectivity index (χ1) is 12.6. The number of halogens is 1. The fourth-order valence-corrected chi connectivity index (χ4v) is 4.23. The number of rotatable bonds is 7. The van der Waals surface area contributed by atoms with Crippen LogP contribution in [0, 0.1) is 0 Å². The summed E-state index contributed by atoms with van der Waals surface area (Å²) in [6.45, 7) is 2.77. The Hall–Kier alpha value is -1.71. The molecule has 0 aromatic heterocycles. The number of anilines is 2. The third-order valence-corrected chi connectivity index (χ3v) is 5.78. The number of hydrogen-bond acceptors (Lipinski definition) is 3. The monoisotopic (exact) mass is 371 g/mol. The maximum absolute atomic E-state index is 6.59. The molecule has 1 heterocycles. The molecule has 1 atom stereocenters. The van der Waals surface area contributed by atoms with Crippen LogP contribution in [-0.2, 0) is 6.42 Å². The van der Waals surface area contributed by atoms with E-state index in [-0.39, 0.29) is 0 Å². The number of aryl methyl sites for hydroxylation is 1. The molecule has 0 radical (unpaired) electrons. The Balaban J connectivity index is 1.58. The van der Waals surface area contributed by atoms with Gasteiger partial charge in [-0.05, 0) is 55.0 Å². The number of likely N-dealkylation sites (N-methyl/N-ethyl adjacent to an activating group) is 2. The van der Waals surface area contributed by atoms with Gasteiger partial charge in [-0.1, -0.05) is 48.4 Å². The summed E-state index contributed by atoms with van der Waals surface area (Å²) in [4.78, 5) is 4.57. The highest BCUT2D eigenvalue weighted by Crippen LogP contribution is 2.39. The molecule has 1 aliphatic heterocycles. The van der Waals surface area contributed by atoms with Crippen LogP contribution >= 0.6 is 11.6 Å². The van der Waals surface area contributed by atoms with E-state index in [2.05, 4.69) is 66.4 Å². The molecule has 1 aliphatic rings. The van der Waals surface area contributed by atoms with Gasteiger partial charge in [0.05, 0.1) is 16.4 Å². The zero-order valence-electron chi connectivity index (χ0n) is 15.9. The lowest BCUT2D eigenvalue weighted by Gasteiger charge is -2.35. The minimum atomic E-state index is 0.461. The zero-order valence-corrected chi connectivity index (χ0v) is 16.7. The topological polar surface area (TPSA) is 32.5 Å². The van der Waals surface area contributed by atoms with Gasteiger partial charge in [0.25, 0.3) is 0 Å². The second-order valence-electron chi connectivity index (χ2n) is 7.38. The fourth-order valence-electron chi connectivity index (χ4n) is 3.85. The third kappa shape index (κ3) is 4.33. The molecule has 0 saturated carbocycles. The number of fused-ring (bicyclic) bond motifs is 1. The molecular formula is C22H30ClN3. The van der Waals surface area contributed by atoms with Gasteiger partial charge in [0.2, 0.25) is 0 Å². The van der Waals surface area contributed by atoms with Gasteiger partial charge in [0, 0.05) is 27.2 Å². The van der Waals surface area contributed by atoms with E-state index < -0.39 is 0 Å². The first kappa shape index (κ1) is 19.1. The van der Waals surface area contributed by atoms with Crippen molar-refractivity contribution in [2.24, 2.45) is 5.73 Å². The molecule has 140 valence electrons. The van der Waals surface area contributed by atoms with Crippen LogP contribution in [0.4, 0.5) is 11.4 Å². The third-order valence-electron chi connectivity index (χ3n) is 5.49. The number of nitrogens with zero attached hydrogens (tertiary/aromatic N) is 2. The van der Waals surface area contributed by atoms with Gasteiger partial charge in [-0.15, -0.1) is 0 Å². The average molecular weight is 372 g/mol. The molecule has 0 saturated heterocycles. The maximum Gasteiger partial charge on any atom is 0.0791 e. The van der Waals surface area contributed by atoms with E-state index in [1.54, 1.807) is 0 Å². The highest BCUT2D eigenvalue weighted by atomic mass is 35.5. The van der Waals surface area contributed by atoms with Crippen molar-refractivity contribution in [3.63, 3.8) is 0 Å². The van der Waals surface area contributed by atoms with E-state index in [4.69, 9.17) is 17.3 Å². The van der Waals surface area contributed by atoms with Gasteiger partial charge in [0.1, 0.15) is 0 Å². The summed E-state index contributed by atoms with van der Waals surface area (Å²) >= 11 is 6.59. The van der Waals surface area contributed by atoms with Crippen molar-refractivity contribution >= 4 is 23.0 Å². The van der Waals surface area contributed by atoms with Crippen molar-refractivity contribution in [1.29, 1.82) is 0 Å². The Morgan fingerprint density at radius 1 is 1.04 bits per heavy atom. The van der Waals surface area contributed by atoms with E-state index >= 15 is 0 Å². The Morgan fingerprint density at radius 2 is 1.77 bits per heavy atom. The molecule has 3 nitrogen and oxygen atoms in total. The molecule has 0 unspecified atom stereocenters. The van der Waals surface area contributed by atoms with Crippen molar-refractivity contribution in [2.75, 3.05) is 43.5 Å². The average Bonchev–Trinajstić information content (AvgIpc) is 2.65. The van der Waals surface area contributed by atoms with Gasteiger partial charge in [-0.2, -0.15) is 0 Å². The van der Waals surface area contributed by atoms with Crippen LogP contribution in [0.5, 0.6) is 0 Å². The molecule has 2 N–H and O–H groups in total. The highest BCUT2D eigenvalue weighted by Gasteiger charge is 2.21. The molecule has 0 aliphatic carbocycles. The van der Waals surface area contributed by atoms with Crippen LogP contribution in [0.1, 0.15) is 36.3 Å². The summed E-state index contributed by atoms with van der Waals surface area (Å²) in [5, 5.41) is 0.871. The first-order valence-corrected chi connectivity index (χ1v) is 9.97. The lowest BCUT2D eigenvalue weighted by Crippen LogP contribution is -2.37. The molecule has 2 aromatic rings. The van der Waals surface area contributed by atoms with Crippen molar-refractivity contribution in [1.82, 2.24) is 0 Å². The maximum atomic E-state index is 6.59. The summed E-state index contributed by atoms with van der Waals surface area (Å²) in [7, 11) is 4.27. The lowest BCUT2D eigenvalue weighted by molar-refractivity contribution is 0.577. The lowest BCUT2D eigenvalue weighted by atomic mass is 9.92. The summed E-state index contributed by atoms with van der Waals surface area (Å²) < 4.78 is 0. The van der Waals surface area contributed by atoms with Crippen LogP contribution in [-0.4, -0.2) is 33.7 Å². The predicted octanol–water partition coefficient (Wildman–Crippen LogP) is 4.68. The van der Waals surface area contributed by atoms with Gasteiger partial charge in [0.15, 0.2) is 0 Å². The van der Waals surface area contributed by atoms with Crippen LogP contribution < -0.4 is 15.5 Å². The summed E-state index contributed by atoms with van der Waals surface area (Å²) in [6, 6.07) is 15.1. The Bertz CT molecular complexity index is 717. The van der Waals surface area contributed by atoms with Crippen LogP contribution in [0.3, 0.4) is 0 Å². The van der Waals surface area contributed by atoms with E-state index in [1.807, 2.05) is 0 Å². The summed E-state index contributed by atoms with van der Waals surface area (Å²) in [6.07, 6.45) is 4.55. The van der Waals surface area contributed by atoms with Gasteiger partial charge < -0.3 is 15.5 Å². The van der Waals surface area contributed by atoms with Crippen LogP contribution in [0.15, 0.2) is 42.5 Å². The summed E-state index contributed by atoms with van der Waals surface area (Å²) in [5.41, 5.74) is 11.1. The SMILES string of the molecule is CN1CCN(C)c2c(Cl)cc(CCCC[C@H](CN)c3ccccc3)cc21. The molecule has 0 amide bonds. The zero-order chi connectivity index (χ0) is 18.5. The van der Waals surface area contributed by atoms with E-state index in [1.165, 1.54) is 23.2 Å². The minimum absolute atomic E-state index is 0.461. The van der Waals surface area contributed by atoms with Gasteiger partial charge >= 0.3 is 0 Å². The second-order valence-corrected chi connectivity index (χ2v) is 7.78. The largest absolute Gasteiger partial charge is 0.371 e. The van der Waals surface area contributed by atoms with Crippen LogP contribution in [0.25, 0.3) is 0 Å². The first-order valence-electron chi connectivity index (χ1n) is 9.60.